The molecule has 0 heterocycles. The third-order valence-electron chi connectivity index (χ3n) is 6.11. The molecule has 2 amide bonds. The first-order valence-corrected chi connectivity index (χ1v) is 15.0. The van der Waals surface area contributed by atoms with Crippen LogP contribution < -0.4 is 14.4 Å². The van der Waals surface area contributed by atoms with E-state index in [1.807, 2.05) is 51.1 Å². The molecule has 0 aromatic heterocycles. The van der Waals surface area contributed by atoms with Crippen LogP contribution >= 0.6 is 11.6 Å². The molecule has 1 atom stereocenters. The van der Waals surface area contributed by atoms with E-state index in [9.17, 15) is 18.0 Å². The van der Waals surface area contributed by atoms with E-state index in [-0.39, 0.29) is 18.9 Å². The van der Waals surface area contributed by atoms with Gasteiger partial charge in [0.25, 0.3) is 0 Å². The molecule has 0 saturated heterocycles. The van der Waals surface area contributed by atoms with Gasteiger partial charge < -0.3 is 15.0 Å². The lowest BCUT2D eigenvalue weighted by atomic mass is 10.0. The second-order valence-corrected chi connectivity index (χ2v) is 12.8. The fourth-order valence-electron chi connectivity index (χ4n) is 4.18. The first kappa shape index (κ1) is 31.0. The van der Waals surface area contributed by atoms with Crippen LogP contribution in [0.25, 0.3) is 0 Å². The van der Waals surface area contributed by atoms with Crippen LogP contribution in [0, 0.1) is 0 Å². The minimum absolute atomic E-state index is 0.00772. The van der Waals surface area contributed by atoms with E-state index in [0.29, 0.717) is 22.0 Å². The molecule has 0 radical (unpaired) electrons. The standard InChI is InChI=1S/C30H36ClN3O5S/c1-30(2,3)32-29(36)27(19-22-11-7-6-8-12-22)33(20-23-13-9-10-14-26(23)31)28(35)21-34(40(5,37)38)24-15-17-25(39-4)18-16-24/h6-18,27H,19-21H2,1-5H3,(H,32,36)/t27-/m1/s1. The third-order valence-corrected chi connectivity index (χ3v) is 7.62. The maximum absolute atomic E-state index is 14.1. The number of amides is 2. The molecule has 0 bridgehead atoms. The van der Waals surface area contributed by atoms with E-state index >= 15 is 0 Å². The van der Waals surface area contributed by atoms with Crippen molar-refractivity contribution < 1.29 is 22.7 Å². The zero-order chi connectivity index (χ0) is 29.5. The first-order chi connectivity index (χ1) is 18.8. The molecule has 0 fully saturated rings. The predicted octanol–water partition coefficient (Wildman–Crippen LogP) is 4.67. The Labute approximate surface area is 241 Å². The summed E-state index contributed by atoms with van der Waals surface area (Å²) in [6.45, 7) is 5.08. The van der Waals surface area contributed by atoms with E-state index in [4.69, 9.17) is 16.3 Å². The van der Waals surface area contributed by atoms with E-state index in [1.54, 1.807) is 48.5 Å². The normalized spacial score (nSPS) is 12.3. The van der Waals surface area contributed by atoms with E-state index in [2.05, 4.69) is 5.32 Å². The van der Waals surface area contributed by atoms with Crippen molar-refractivity contribution in [2.24, 2.45) is 0 Å². The van der Waals surface area contributed by atoms with Crippen molar-refractivity contribution in [3.8, 4) is 5.75 Å². The number of hydrogen-bond acceptors (Lipinski definition) is 5. The molecular formula is C30H36ClN3O5S. The average Bonchev–Trinajstić information content (AvgIpc) is 2.89. The largest absolute Gasteiger partial charge is 0.497 e. The Hall–Kier alpha value is -3.56. The van der Waals surface area contributed by atoms with Crippen LogP contribution in [0.1, 0.15) is 31.9 Å². The third kappa shape index (κ3) is 8.72. The monoisotopic (exact) mass is 585 g/mol. The average molecular weight is 586 g/mol. The van der Waals surface area contributed by atoms with Crippen LogP contribution in [-0.4, -0.2) is 56.6 Å². The number of carbonyl (C=O) groups is 2. The van der Waals surface area contributed by atoms with Crippen LogP contribution in [0.2, 0.25) is 5.02 Å². The lowest BCUT2D eigenvalue weighted by Crippen LogP contribution is -2.56. The van der Waals surface area contributed by atoms with Crippen LogP contribution in [0.15, 0.2) is 78.9 Å². The molecule has 3 rings (SSSR count). The molecule has 0 spiro atoms. The molecule has 40 heavy (non-hydrogen) atoms. The molecule has 0 unspecified atom stereocenters. The minimum Gasteiger partial charge on any atom is -0.497 e. The summed E-state index contributed by atoms with van der Waals surface area (Å²) in [5.74, 6) is -0.357. The number of carbonyl (C=O) groups excluding carboxylic acids is 2. The molecular weight excluding hydrogens is 550 g/mol. The lowest BCUT2D eigenvalue weighted by Gasteiger charge is -2.35. The van der Waals surface area contributed by atoms with Gasteiger partial charge in [-0.2, -0.15) is 0 Å². The number of sulfonamides is 1. The molecule has 1 N–H and O–H groups in total. The van der Waals surface area contributed by atoms with E-state index in [1.165, 1.54) is 12.0 Å². The van der Waals surface area contributed by atoms with Gasteiger partial charge in [0.15, 0.2) is 0 Å². The van der Waals surface area contributed by atoms with Gasteiger partial charge >= 0.3 is 0 Å². The van der Waals surface area contributed by atoms with Crippen molar-refractivity contribution in [3.63, 3.8) is 0 Å². The number of rotatable bonds is 11. The predicted molar refractivity (Wildman–Crippen MR) is 159 cm³/mol. The van der Waals surface area contributed by atoms with Gasteiger partial charge in [0.2, 0.25) is 21.8 Å². The van der Waals surface area contributed by atoms with Crippen LogP contribution in [-0.2, 0) is 32.6 Å². The van der Waals surface area contributed by atoms with Crippen molar-refractivity contribution in [2.75, 3.05) is 24.2 Å². The Morgan fingerprint density at radius 3 is 2.10 bits per heavy atom. The Bertz CT molecular complexity index is 1410. The highest BCUT2D eigenvalue weighted by atomic mass is 35.5. The summed E-state index contributed by atoms with van der Waals surface area (Å²) in [5.41, 5.74) is 1.22. The molecule has 214 valence electrons. The molecule has 0 aliphatic heterocycles. The van der Waals surface area contributed by atoms with Gasteiger partial charge in [0.05, 0.1) is 19.1 Å². The van der Waals surface area contributed by atoms with Gasteiger partial charge in [-0.1, -0.05) is 60.1 Å². The summed E-state index contributed by atoms with van der Waals surface area (Å²) in [6, 6.07) is 21.9. The van der Waals surface area contributed by atoms with E-state index in [0.717, 1.165) is 16.1 Å². The molecule has 10 heteroatoms. The summed E-state index contributed by atoms with van der Waals surface area (Å²) < 4.78 is 31.9. The second kappa shape index (κ2) is 13.2. The maximum Gasteiger partial charge on any atom is 0.244 e. The van der Waals surface area contributed by atoms with Crippen molar-refractivity contribution >= 4 is 39.1 Å². The molecule has 0 aliphatic rings. The molecule has 3 aromatic rings. The zero-order valence-corrected chi connectivity index (χ0v) is 25.0. The maximum atomic E-state index is 14.1. The second-order valence-electron chi connectivity index (χ2n) is 10.5. The highest BCUT2D eigenvalue weighted by Crippen LogP contribution is 2.24. The van der Waals surface area contributed by atoms with Gasteiger partial charge in [-0.15, -0.1) is 0 Å². The summed E-state index contributed by atoms with van der Waals surface area (Å²) in [4.78, 5) is 29.2. The number of benzene rings is 3. The van der Waals surface area contributed by atoms with E-state index < -0.39 is 34.1 Å². The molecule has 0 saturated carbocycles. The Balaban J connectivity index is 2.07. The summed E-state index contributed by atoms with van der Waals surface area (Å²) in [7, 11) is -2.35. The number of anilines is 1. The molecule has 3 aromatic carbocycles. The highest BCUT2D eigenvalue weighted by Gasteiger charge is 2.34. The Morgan fingerprint density at radius 2 is 1.55 bits per heavy atom. The Kier molecular flexibility index (Phi) is 10.2. The van der Waals surface area contributed by atoms with Gasteiger partial charge in [-0.3, -0.25) is 13.9 Å². The topological polar surface area (TPSA) is 96.0 Å². The quantitative estimate of drug-likeness (QED) is 0.353. The first-order valence-electron chi connectivity index (χ1n) is 12.8. The number of nitrogens with one attached hydrogen (secondary N) is 1. The van der Waals surface area contributed by atoms with Crippen LogP contribution in [0.3, 0.4) is 0 Å². The van der Waals surface area contributed by atoms with Gasteiger partial charge in [-0.25, -0.2) is 8.42 Å². The molecule has 0 aliphatic carbocycles. The van der Waals surface area contributed by atoms with Crippen LogP contribution in [0.4, 0.5) is 5.69 Å². The fourth-order valence-corrected chi connectivity index (χ4v) is 5.22. The Morgan fingerprint density at radius 1 is 0.950 bits per heavy atom. The zero-order valence-electron chi connectivity index (χ0n) is 23.4. The molecule has 8 nitrogen and oxygen atoms in total. The van der Waals surface area contributed by atoms with Crippen molar-refractivity contribution in [2.45, 2.75) is 45.3 Å². The smallest absolute Gasteiger partial charge is 0.244 e. The number of methoxy groups -OCH3 is 1. The van der Waals surface area contributed by atoms with Gasteiger partial charge in [0, 0.05) is 23.5 Å². The number of hydrogen-bond donors (Lipinski definition) is 1. The van der Waals surface area contributed by atoms with Crippen molar-refractivity contribution in [1.82, 2.24) is 10.2 Å². The van der Waals surface area contributed by atoms with Crippen LogP contribution in [0.5, 0.6) is 5.75 Å². The van der Waals surface area contributed by atoms with Crippen molar-refractivity contribution in [3.05, 3.63) is 95.0 Å². The number of halogens is 1. The SMILES string of the molecule is COc1ccc(N(CC(=O)N(Cc2ccccc2Cl)[C@H](Cc2ccccc2)C(=O)NC(C)(C)C)S(C)(=O)=O)cc1. The summed E-state index contributed by atoms with van der Waals surface area (Å²) in [6.07, 6.45) is 1.26. The fraction of sp³-hybridized carbons (Fsp3) is 0.333. The lowest BCUT2D eigenvalue weighted by molar-refractivity contribution is -0.140. The number of nitrogens with zero attached hydrogens (tertiary/aromatic N) is 2. The number of ether oxygens (including phenoxy) is 1. The summed E-state index contributed by atoms with van der Waals surface area (Å²) in [5, 5.41) is 3.43. The van der Waals surface area contributed by atoms with Gasteiger partial charge in [-0.05, 0) is 62.2 Å². The summed E-state index contributed by atoms with van der Waals surface area (Å²) >= 11 is 6.47. The highest BCUT2D eigenvalue weighted by molar-refractivity contribution is 7.92. The minimum atomic E-state index is -3.86. The van der Waals surface area contributed by atoms with Crippen molar-refractivity contribution in [1.29, 1.82) is 0 Å². The van der Waals surface area contributed by atoms with Gasteiger partial charge in [0.1, 0.15) is 18.3 Å².